The number of alkyl halides is 3. The van der Waals surface area contributed by atoms with Crippen LogP contribution in [0.1, 0.15) is 18.4 Å². The van der Waals surface area contributed by atoms with Crippen molar-refractivity contribution < 1.29 is 27.8 Å². The second-order valence-corrected chi connectivity index (χ2v) is 10.4. The Morgan fingerprint density at radius 3 is 2.37 bits per heavy atom. The van der Waals surface area contributed by atoms with Gasteiger partial charge in [0, 0.05) is 76.5 Å². The van der Waals surface area contributed by atoms with Crippen molar-refractivity contribution in [3.63, 3.8) is 0 Å². The summed E-state index contributed by atoms with van der Waals surface area (Å²) in [6, 6.07) is 6.34. The normalized spacial score (nSPS) is 16.5. The zero-order valence-corrected chi connectivity index (χ0v) is 23.4. The highest BCUT2D eigenvalue weighted by Gasteiger charge is 2.38. The van der Waals surface area contributed by atoms with Gasteiger partial charge in [0.1, 0.15) is 23.0 Å². The number of nitrogens with zero attached hydrogens (tertiary/aromatic N) is 9. The molecule has 0 bridgehead atoms. The minimum absolute atomic E-state index is 0.486. The van der Waals surface area contributed by atoms with E-state index in [1.54, 1.807) is 21.6 Å². The molecule has 6 rings (SSSR count). The summed E-state index contributed by atoms with van der Waals surface area (Å²) in [5, 5.41) is 25.4. The van der Waals surface area contributed by atoms with E-state index >= 15 is 0 Å². The number of carbonyl (C=O) groups is 1. The molecule has 2 aliphatic heterocycles. The minimum atomic E-state index is -5.08. The maximum atomic E-state index is 10.6. The molecule has 0 atom stereocenters. The Labute approximate surface area is 244 Å². The Kier molecular flexibility index (Phi) is 8.88. The first kappa shape index (κ1) is 29.9. The number of carboxylic acids is 1. The molecule has 0 unspecified atom stereocenters. The maximum absolute atomic E-state index is 10.6. The van der Waals surface area contributed by atoms with Gasteiger partial charge in [0.15, 0.2) is 0 Å². The summed E-state index contributed by atoms with van der Waals surface area (Å²) in [5.74, 6) is -1.03. The van der Waals surface area contributed by atoms with Crippen molar-refractivity contribution >= 4 is 17.3 Å². The van der Waals surface area contributed by atoms with Gasteiger partial charge in [-0.05, 0) is 30.9 Å². The van der Waals surface area contributed by atoms with Crippen LogP contribution in [0.2, 0.25) is 0 Å². The van der Waals surface area contributed by atoms with Gasteiger partial charge in [-0.2, -0.15) is 28.6 Å². The summed E-state index contributed by atoms with van der Waals surface area (Å²) in [6.45, 7) is 7.02. The highest BCUT2D eigenvalue weighted by atomic mass is 19.4. The molecule has 1 N–H and O–H groups in total. The number of aliphatic carboxylic acids is 1. The molecule has 2 saturated heterocycles. The number of pyridine rings is 1. The van der Waals surface area contributed by atoms with Crippen LogP contribution in [0, 0.1) is 17.2 Å². The standard InChI is InChI=1S/C26H29N9O.C2HF3O2/c1-32-17-22(15-29-32)23-18-35-26(21(12-27)14-30-35)25(31-23)20-2-3-24(28-13-20)34-8-6-33(7-9-34)16-19-4-10-36-11-5-19;3-2(4,5)1(6)7/h2-3,13-15,17-19H,4-11,16H2,1H3;(H,6,7). The van der Waals surface area contributed by atoms with E-state index in [-0.39, 0.29) is 0 Å². The molecule has 0 saturated carbocycles. The number of hydrogen-bond acceptors (Lipinski definition) is 9. The highest BCUT2D eigenvalue weighted by molar-refractivity contribution is 5.83. The fourth-order valence-electron chi connectivity index (χ4n) is 5.16. The minimum Gasteiger partial charge on any atom is -0.475 e. The van der Waals surface area contributed by atoms with Crippen molar-refractivity contribution in [3.8, 4) is 28.6 Å². The largest absolute Gasteiger partial charge is 0.490 e. The van der Waals surface area contributed by atoms with Crippen molar-refractivity contribution in [1.29, 1.82) is 5.26 Å². The van der Waals surface area contributed by atoms with Crippen LogP contribution in [0.5, 0.6) is 0 Å². The van der Waals surface area contributed by atoms with Crippen molar-refractivity contribution in [3.05, 3.63) is 48.7 Å². The predicted molar refractivity (Wildman–Crippen MR) is 149 cm³/mol. The molecule has 15 heteroatoms. The van der Waals surface area contributed by atoms with E-state index in [4.69, 9.17) is 24.6 Å². The quantitative estimate of drug-likeness (QED) is 0.365. The Morgan fingerprint density at radius 1 is 1.07 bits per heavy atom. The van der Waals surface area contributed by atoms with E-state index in [1.165, 1.54) is 19.4 Å². The number of halogens is 3. The van der Waals surface area contributed by atoms with Crippen LogP contribution >= 0.6 is 0 Å². The summed E-state index contributed by atoms with van der Waals surface area (Å²) in [4.78, 5) is 23.5. The molecule has 0 aromatic carbocycles. The van der Waals surface area contributed by atoms with Crippen LogP contribution in [0.4, 0.5) is 19.0 Å². The molecule has 0 radical (unpaired) electrons. The topological polar surface area (TPSA) is 138 Å². The Hall–Kier alpha value is -4.55. The van der Waals surface area contributed by atoms with Crippen LogP contribution in [0.15, 0.2) is 43.1 Å². The van der Waals surface area contributed by atoms with Gasteiger partial charge in [-0.25, -0.2) is 19.3 Å². The number of fused-ring (bicyclic) bond motifs is 1. The molecule has 0 spiro atoms. The van der Waals surface area contributed by atoms with Crippen LogP contribution in [0.3, 0.4) is 0 Å². The first-order chi connectivity index (χ1) is 20.6. The average molecular weight is 598 g/mol. The number of nitriles is 1. The fraction of sp³-hybridized carbons (Fsp3) is 0.429. The number of ether oxygens (including phenoxy) is 1. The van der Waals surface area contributed by atoms with Gasteiger partial charge in [-0.15, -0.1) is 0 Å². The van der Waals surface area contributed by atoms with Gasteiger partial charge in [0.2, 0.25) is 0 Å². The Bertz CT molecular complexity index is 1600. The molecule has 2 aliphatic rings. The predicted octanol–water partition coefficient (Wildman–Crippen LogP) is 3.25. The Balaban J connectivity index is 0.000000472. The number of aryl methyl sites for hydroxylation is 1. The molecule has 4 aromatic heterocycles. The molecule has 43 heavy (non-hydrogen) atoms. The lowest BCUT2D eigenvalue weighted by Crippen LogP contribution is -2.48. The van der Waals surface area contributed by atoms with E-state index in [0.717, 1.165) is 67.9 Å². The van der Waals surface area contributed by atoms with Crippen molar-refractivity contribution in [2.24, 2.45) is 13.0 Å². The molecule has 2 fully saturated rings. The summed E-state index contributed by atoms with van der Waals surface area (Å²) in [6.07, 6.45) is 6.22. The smallest absolute Gasteiger partial charge is 0.475 e. The third-order valence-corrected chi connectivity index (χ3v) is 7.44. The number of rotatable bonds is 5. The van der Waals surface area contributed by atoms with E-state index in [2.05, 4.69) is 32.1 Å². The molecule has 0 amide bonds. The molecule has 0 aliphatic carbocycles. The van der Waals surface area contributed by atoms with Gasteiger partial charge >= 0.3 is 12.1 Å². The van der Waals surface area contributed by atoms with Gasteiger partial charge in [-0.3, -0.25) is 9.58 Å². The lowest BCUT2D eigenvalue weighted by Gasteiger charge is -2.37. The first-order valence-electron chi connectivity index (χ1n) is 13.7. The van der Waals surface area contributed by atoms with Crippen LogP contribution < -0.4 is 4.90 Å². The Morgan fingerprint density at radius 2 is 1.79 bits per heavy atom. The van der Waals surface area contributed by atoms with E-state index < -0.39 is 12.1 Å². The van der Waals surface area contributed by atoms with Crippen molar-refractivity contribution in [2.75, 3.05) is 50.8 Å². The first-order valence-corrected chi connectivity index (χ1v) is 13.7. The van der Waals surface area contributed by atoms with Crippen molar-refractivity contribution in [2.45, 2.75) is 19.0 Å². The SMILES string of the molecule is Cn1cc(-c2cn3ncc(C#N)c3c(-c3ccc(N4CCN(CC5CCOCC5)CC4)nc3)n2)cn1.O=C(O)C(F)(F)F. The zero-order chi connectivity index (χ0) is 30.6. The number of anilines is 1. The molecule has 226 valence electrons. The highest BCUT2D eigenvalue weighted by Crippen LogP contribution is 2.29. The van der Waals surface area contributed by atoms with E-state index in [1.807, 2.05) is 31.7 Å². The summed E-state index contributed by atoms with van der Waals surface area (Å²) >= 11 is 0. The van der Waals surface area contributed by atoms with Gasteiger partial charge in [-0.1, -0.05) is 0 Å². The zero-order valence-electron chi connectivity index (χ0n) is 23.4. The lowest BCUT2D eigenvalue weighted by molar-refractivity contribution is -0.192. The van der Waals surface area contributed by atoms with Gasteiger partial charge in [0.05, 0.1) is 30.0 Å². The van der Waals surface area contributed by atoms with Crippen LogP contribution in [-0.4, -0.2) is 97.5 Å². The summed E-state index contributed by atoms with van der Waals surface area (Å²) in [7, 11) is 1.87. The summed E-state index contributed by atoms with van der Waals surface area (Å²) < 4.78 is 40.7. The molecule has 4 aromatic rings. The third kappa shape index (κ3) is 7.09. The fourth-order valence-corrected chi connectivity index (χ4v) is 5.16. The summed E-state index contributed by atoms with van der Waals surface area (Å²) in [5.41, 5.74) is 4.33. The number of hydrogen-bond donors (Lipinski definition) is 1. The second kappa shape index (κ2) is 12.8. The molecule has 12 nitrogen and oxygen atoms in total. The third-order valence-electron chi connectivity index (χ3n) is 7.44. The van der Waals surface area contributed by atoms with Gasteiger partial charge < -0.3 is 14.7 Å². The molecular weight excluding hydrogens is 567 g/mol. The number of carboxylic acid groups (broad SMARTS) is 1. The maximum Gasteiger partial charge on any atom is 0.490 e. The van der Waals surface area contributed by atoms with E-state index in [9.17, 15) is 18.4 Å². The average Bonchev–Trinajstić information content (AvgIpc) is 3.63. The number of aromatic nitrogens is 6. The monoisotopic (exact) mass is 597 g/mol. The van der Waals surface area contributed by atoms with Crippen LogP contribution in [-0.2, 0) is 16.6 Å². The van der Waals surface area contributed by atoms with Crippen LogP contribution in [0.25, 0.3) is 28.0 Å². The second-order valence-electron chi connectivity index (χ2n) is 10.4. The lowest BCUT2D eigenvalue weighted by atomic mass is 9.99. The molecular formula is C28H30F3N9O3. The molecule has 6 heterocycles. The van der Waals surface area contributed by atoms with Crippen molar-refractivity contribution in [1.82, 2.24) is 34.3 Å². The van der Waals surface area contributed by atoms with Gasteiger partial charge in [0.25, 0.3) is 0 Å². The van der Waals surface area contributed by atoms with E-state index in [0.29, 0.717) is 16.8 Å². The number of piperazine rings is 1.